The van der Waals surface area contributed by atoms with Crippen LogP contribution in [0.5, 0.6) is 0 Å². The number of nitrogens with zero attached hydrogens (tertiary/aromatic N) is 1. The van der Waals surface area contributed by atoms with E-state index in [1.165, 1.54) is 12.3 Å². The Morgan fingerprint density at radius 3 is 2.88 bits per heavy atom. The van der Waals surface area contributed by atoms with Crippen LogP contribution in [0, 0.1) is 11.5 Å². The Balaban J connectivity index is 3.53. The number of carbonyl (C=O) groups excluding carboxylic acids is 1. The van der Waals surface area contributed by atoms with Gasteiger partial charge >= 0.3 is 0 Å². The number of rotatable bonds is 1. The first kappa shape index (κ1) is 6.70. The summed E-state index contributed by atoms with van der Waals surface area (Å²) in [6, 6.07) is 0. The number of nitrogens with one attached hydrogen (secondary N) is 1. The van der Waals surface area contributed by atoms with Crippen LogP contribution in [0.4, 0.5) is 0 Å². The van der Waals surface area contributed by atoms with Crippen LogP contribution in [-0.2, 0) is 4.79 Å². The van der Waals surface area contributed by atoms with E-state index in [0.717, 1.165) is 0 Å². The van der Waals surface area contributed by atoms with E-state index in [0.29, 0.717) is 0 Å². The van der Waals surface area contributed by atoms with E-state index in [2.05, 4.69) is 0 Å². The normalized spacial score (nSPS) is 8.50. The smallest absolute Gasteiger partial charge is 0.256 e. The molecule has 3 heteroatoms. The Kier molecular flexibility index (Phi) is 3.25. The summed E-state index contributed by atoms with van der Waals surface area (Å²) >= 11 is 0. The molecule has 0 atom stereocenters. The first-order valence-electron chi connectivity index (χ1n) is 2.13. The van der Waals surface area contributed by atoms with E-state index in [1.807, 2.05) is 5.32 Å². The van der Waals surface area contributed by atoms with Crippen LogP contribution in [0.15, 0.2) is 12.2 Å². The third-order valence-electron chi connectivity index (χ3n) is 0.497. The fourth-order valence-corrected chi connectivity index (χ4v) is 0.248. The summed E-state index contributed by atoms with van der Waals surface area (Å²) in [6.45, 7) is 1.71. The first-order chi connectivity index (χ1) is 3.81. The van der Waals surface area contributed by atoms with Crippen molar-refractivity contribution in [1.29, 1.82) is 5.26 Å². The minimum atomic E-state index is -0.380. The Bertz CT molecular complexity index is 143. The zero-order chi connectivity index (χ0) is 6.41. The molecule has 0 saturated heterocycles. The molecule has 1 N–H and O–H groups in total. The minimum Gasteiger partial charge on any atom is -0.269 e. The Morgan fingerprint density at radius 2 is 2.50 bits per heavy atom. The fourth-order valence-electron chi connectivity index (χ4n) is 0.248. The molecule has 0 unspecified atom stereocenters. The molecule has 1 amide bonds. The van der Waals surface area contributed by atoms with Gasteiger partial charge in [-0.05, 0) is 13.0 Å². The zero-order valence-electron chi connectivity index (χ0n) is 4.51. The van der Waals surface area contributed by atoms with Crippen molar-refractivity contribution in [2.45, 2.75) is 6.92 Å². The highest BCUT2D eigenvalue weighted by Gasteiger charge is 1.85. The summed E-state index contributed by atoms with van der Waals surface area (Å²) in [4.78, 5) is 10.2. The molecule has 0 heterocycles. The molecule has 0 fully saturated rings. The maximum atomic E-state index is 10.2. The second-order valence-corrected chi connectivity index (χ2v) is 1.10. The molecule has 42 valence electrons. The second-order valence-electron chi connectivity index (χ2n) is 1.10. The molecule has 8 heavy (non-hydrogen) atoms. The molecule has 0 radical (unpaired) electrons. The monoisotopic (exact) mass is 110 g/mol. The lowest BCUT2D eigenvalue weighted by atomic mass is 10.5. The molecule has 0 aliphatic carbocycles. The van der Waals surface area contributed by atoms with E-state index in [9.17, 15) is 4.79 Å². The van der Waals surface area contributed by atoms with Gasteiger partial charge in [0.1, 0.15) is 0 Å². The molecule has 0 aromatic carbocycles. The lowest BCUT2D eigenvalue weighted by molar-refractivity contribution is -0.115. The third-order valence-corrected chi connectivity index (χ3v) is 0.497. The number of hydrogen-bond donors (Lipinski definition) is 1. The van der Waals surface area contributed by atoms with Crippen LogP contribution in [0.3, 0.4) is 0 Å². The van der Waals surface area contributed by atoms with Crippen LogP contribution < -0.4 is 5.32 Å². The van der Waals surface area contributed by atoms with Gasteiger partial charge in [-0.1, -0.05) is 6.08 Å². The zero-order valence-corrected chi connectivity index (χ0v) is 4.51. The summed E-state index contributed by atoms with van der Waals surface area (Å²) in [5, 5.41) is 9.77. The molecule has 0 rings (SSSR count). The van der Waals surface area contributed by atoms with Crippen molar-refractivity contribution in [3.8, 4) is 6.19 Å². The van der Waals surface area contributed by atoms with Crippen molar-refractivity contribution < 1.29 is 4.79 Å². The van der Waals surface area contributed by atoms with Crippen LogP contribution >= 0.6 is 0 Å². The van der Waals surface area contributed by atoms with Crippen molar-refractivity contribution in [2.75, 3.05) is 0 Å². The predicted octanol–water partition coefficient (Wildman–Crippen LogP) is 0.160. The summed E-state index contributed by atoms with van der Waals surface area (Å²) in [5.74, 6) is -0.380. The van der Waals surface area contributed by atoms with Crippen molar-refractivity contribution in [3.63, 3.8) is 0 Å². The van der Waals surface area contributed by atoms with Gasteiger partial charge in [0, 0.05) is 0 Å². The van der Waals surface area contributed by atoms with Gasteiger partial charge in [-0.2, -0.15) is 5.26 Å². The molecule has 3 nitrogen and oxygen atoms in total. The van der Waals surface area contributed by atoms with Crippen LogP contribution in [0.2, 0.25) is 0 Å². The lowest BCUT2D eigenvalue weighted by Crippen LogP contribution is -2.13. The highest BCUT2D eigenvalue weighted by atomic mass is 16.1. The van der Waals surface area contributed by atoms with Crippen molar-refractivity contribution in [3.05, 3.63) is 12.2 Å². The van der Waals surface area contributed by atoms with Gasteiger partial charge in [-0.25, -0.2) is 0 Å². The predicted molar refractivity (Wildman–Crippen MR) is 28.6 cm³/mol. The highest BCUT2D eigenvalue weighted by Crippen LogP contribution is 1.67. The van der Waals surface area contributed by atoms with Crippen LogP contribution in [-0.4, -0.2) is 5.91 Å². The molecule has 0 saturated carbocycles. The highest BCUT2D eigenvalue weighted by molar-refractivity contribution is 5.88. The number of amides is 1. The average molecular weight is 110 g/mol. The van der Waals surface area contributed by atoms with Gasteiger partial charge in [0.15, 0.2) is 6.19 Å². The maximum absolute atomic E-state index is 10.2. The SMILES string of the molecule is C/C=C\C(=O)NC#N. The number of hydrogen-bond acceptors (Lipinski definition) is 2. The van der Waals surface area contributed by atoms with E-state index in [-0.39, 0.29) is 5.91 Å². The topological polar surface area (TPSA) is 52.9 Å². The Labute approximate surface area is 47.6 Å². The van der Waals surface area contributed by atoms with Gasteiger partial charge in [-0.15, -0.1) is 0 Å². The molecule has 0 aliphatic rings. The Morgan fingerprint density at radius 1 is 1.88 bits per heavy atom. The van der Waals surface area contributed by atoms with Crippen LogP contribution in [0.1, 0.15) is 6.92 Å². The summed E-state index contributed by atoms with van der Waals surface area (Å²) in [6.07, 6.45) is 4.34. The van der Waals surface area contributed by atoms with E-state index in [4.69, 9.17) is 5.26 Å². The molecule has 0 spiro atoms. The number of carbonyl (C=O) groups is 1. The maximum Gasteiger partial charge on any atom is 0.256 e. The molecule has 0 bridgehead atoms. The summed E-state index contributed by atoms with van der Waals surface area (Å²) in [7, 11) is 0. The fraction of sp³-hybridized carbons (Fsp3) is 0.200. The molecule has 0 aliphatic heterocycles. The minimum absolute atomic E-state index is 0.380. The van der Waals surface area contributed by atoms with Crippen LogP contribution in [0.25, 0.3) is 0 Å². The second kappa shape index (κ2) is 3.88. The average Bonchev–Trinajstić information content (AvgIpc) is 1.68. The number of nitriles is 1. The van der Waals surface area contributed by atoms with Gasteiger partial charge in [-0.3, -0.25) is 10.1 Å². The van der Waals surface area contributed by atoms with Gasteiger partial charge in [0.05, 0.1) is 0 Å². The van der Waals surface area contributed by atoms with Gasteiger partial charge in [0.2, 0.25) is 0 Å². The van der Waals surface area contributed by atoms with Crippen molar-refractivity contribution in [1.82, 2.24) is 5.32 Å². The van der Waals surface area contributed by atoms with Crippen molar-refractivity contribution in [2.24, 2.45) is 0 Å². The first-order valence-corrected chi connectivity index (χ1v) is 2.13. The third kappa shape index (κ3) is 2.91. The largest absolute Gasteiger partial charge is 0.269 e. The summed E-state index contributed by atoms with van der Waals surface area (Å²) in [5.41, 5.74) is 0. The molecule has 0 aromatic heterocycles. The van der Waals surface area contributed by atoms with E-state index >= 15 is 0 Å². The van der Waals surface area contributed by atoms with Gasteiger partial charge < -0.3 is 0 Å². The number of allylic oxidation sites excluding steroid dienone is 1. The Hall–Kier alpha value is -1.30. The lowest BCUT2D eigenvalue weighted by Gasteiger charge is -1.81. The van der Waals surface area contributed by atoms with Gasteiger partial charge in [0.25, 0.3) is 5.91 Å². The standard InChI is InChI=1S/C5H6N2O/c1-2-3-5(8)7-4-6/h2-3H,1H3,(H,7,8)/b3-2-. The van der Waals surface area contributed by atoms with Crippen molar-refractivity contribution >= 4 is 5.91 Å². The molecule has 0 aromatic rings. The molecular weight excluding hydrogens is 104 g/mol. The molecular formula is C5H6N2O. The summed E-state index contributed by atoms with van der Waals surface area (Å²) < 4.78 is 0. The van der Waals surface area contributed by atoms with E-state index in [1.54, 1.807) is 13.0 Å². The quantitative estimate of drug-likeness (QED) is 0.297. The van der Waals surface area contributed by atoms with E-state index < -0.39 is 0 Å².